The summed E-state index contributed by atoms with van der Waals surface area (Å²) in [6.45, 7) is 1.66. The Morgan fingerprint density at radius 1 is 1.47 bits per heavy atom. The van der Waals surface area contributed by atoms with Gasteiger partial charge in [0.15, 0.2) is 0 Å². The predicted octanol–water partition coefficient (Wildman–Crippen LogP) is 1.51. The molecular weight excluding hydrogens is 220 g/mol. The maximum atomic E-state index is 10.6. The van der Waals surface area contributed by atoms with Crippen molar-refractivity contribution in [2.24, 2.45) is 0 Å². The summed E-state index contributed by atoms with van der Waals surface area (Å²) in [7, 11) is 3.99. The highest BCUT2D eigenvalue weighted by Crippen LogP contribution is 2.19. The Balaban J connectivity index is 2.27. The highest BCUT2D eigenvalue weighted by Gasteiger charge is 2.08. The van der Waals surface area contributed by atoms with E-state index in [2.05, 4.69) is 10.00 Å². The van der Waals surface area contributed by atoms with E-state index >= 15 is 0 Å². The predicted molar refractivity (Wildman–Crippen MR) is 64.9 cm³/mol. The van der Waals surface area contributed by atoms with Crippen LogP contribution in [0.1, 0.15) is 0 Å². The summed E-state index contributed by atoms with van der Waals surface area (Å²) in [6.07, 6.45) is 1.84. The van der Waals surface area contributed by atoms with Gasteiger partial charge in [-0.2, -0.15) is 5.10 Å². The molecule has 0 amide bonds. The molecule has 1 aromatic heterocycles. The van der Waals surface area contributed by atoms with Gasteiger partial charge in [-0.3, -0.25) is 14.8 Å². The van der Waals surface area contributed by atoms with E-state index < -0.39 is 4.92 Å². The Bertz CT molecular complexity index is 547. The van der Waals surface area contributed by atoms with Crippen LogP contribution in [0.3, 0.4) is 0 Å². The van der Waals surface area contributed by atoms with Crippen molar-refractivity contribution in [1.82, 2.24) is 14.7 Å². The quantitative estimate of drug-likeness (QED) is 0.594. The second-order valence-electron chi connectivity index (χ2n) is 4.20. The standard InChI is InChI=1S/C11H14N4O2/c1-13(2)5-6-14-8-9-7-10(15(16)17)3-4-11(9)12-14/h3-4,7-8H,5-6H2,1-2H3. The third kappa shape index (κ3) is 2.59. The number of benzene rings is 1. The molecule has 0 saturated heterocycles. The molecule has 0 radical (unpaired) electrons. The number of hydrogen-bond donors (Lipinski definition) is 0. The average Bonchev–Trinajstić information content (AvgIpc) is 2.67. The van der Waals surface area contributed by atoms with Crippen LogP contribution in [-0.4, -0.2) is 40.2 Å². The number of nitrogens with zero attached hydrogens (tertiary/aromatic N) is 4. The molecule has 1 heterocycles. The van der Waals surface area contributed by atoms with Crippen LogP contribution in [-0.2, 0) is 6.54 Å². The summed E-state index contributed by atoms with van der Waals surface area (Å²) in [5, 5.41) is 15.8. The number of fused-ring (bicyclic) bond motifs is 1. The van der Waals surface area contributed by atoms with Gasteiger partial charge < -0.3 is 4.90 Å². The summed E-state index contributed by atoms with van der Waals surface area (Å²) in [5.74, 6) is 0. The van der Waals surface area contributed by atoms with Gasteiger partial charge in [-0.1, -0.05) is 0 Å². The fourth-order valence-electron chi connectivity index (χ4n) is 1.59. The maximum Gasteiger partial charge on any atom is 0.270 e. The largest absolute Gasteiger partial charge is 0.308 e. The Morgan fingerprint density at radius 3 is 2.88 bits per heavy atom. The molecule has 0 aliphatic rings. The van der Waals surface area contributed by atoms with Crippen LogP contribution in [0.15, 0.2) is 24.4 Å². The lowest BCUT2D eigenvalue weighted by Gasteiger charge is -2.08. The van der Waals surface area contributed by atoms with Crippen LogP contribution in [0, 0.1) is 10.1 Å². The van der Waals surface area contributed by atoms with Gasteiger partial charge in [-0.05, 0) is 20.2 Å². The van der Waals surface area contributed by atoms with Crippen molar-refractivity contribution in [2.75, 3.05) is 20.6 Å². The molecule has 2 aromatic rings. The molecule has 90 valence electrons. The minimum Gasteiger partial charge on any atom is -0.308 e. The fourth-order valence-corrected chi connectivity index (χ4v) is 1.59. The Morgan fingerprint density at radius 2 is 2.24 bits per heavy atom. The average molecular weight is 234 g/mol. The van der Waals surface area contributed by atoms with E-state index in [1.807, 2.05) is 25.0 Å². The molecule has 0 aliphatic carbocycles. The van der Waals surface area contributed by atoms with Crippen molar-refractivity contribution in [3.63, 3.8) is 0 Å². The highest BCUT2D eigenvalue weighted by atomic mass is 16.6. The second-order valence-corrected chi connectivity index (χ2v) is 4.20. The number of nitro groups is 1. The Labute approximate surface area is 98.6 Å². The number of non-ortho nitro benzene ring substituents is 1. The summed E-state index contributed by atoms with van der Waals surface area (Å²) < 4.78 is 1.81. The van der Waals surface area contributed by atoms with Gasteiger partial charge in [0.05, 0.1) is 17.0 Å². The third-order valence-electron chi connectivity index (χ3n) is 2.52. The number of rotatable bonds is 4. The molecular formula is C11H14N4O2. The molecule has 6 nitrogen and oxygen atoms in total. The highest BCUT2D eigenvalue weighted by molar-refractivity contribution is 5.80. The second kappa shape index (κ2) is 4.50. The van der Waals surface area contributed by atoms with E-state index in [9.17, 15) is 10.1 Å². The van der Waals surface area contributed by atoms with E-state index in [4.69, 9.17) is 0 Å². The first-order valence-electron chi connectivity index (χ1n) is 5.32. The van der Waals surface area contributed by atoms with Crippen molar-refractivity contribution in [1.29, 1.82) is 0 Å². The van der Waals surface area contributed by atoms with Gasteiger partial charge >= 0.3 is 0 Å². The smallest absolute Gasteiger partial charge is 0.270 e. The molecule has 0 unspecified atom stereocenters. The first kappa shape index (κ1) is 11.5. The topological polar surface area (TPSA) is 64.2 Å². The molecule has 17 heavy (non-hydrogen) atoms. The normalized spacial score (nSPS) is 11.2. The Kier molecular flexibility index (Phi) is 3.06. The van der Waals surface area contributed by atoms with Gasteiger partial charge in [-0.25, -0.2) is 0 Å². The van der Waals surface area contributed by atoms with Crippen molar-refractivity contribution in [3.05, 3.63) is 34.5 Å². The number of nitro benzene ring substituents is 1. The molecule has 2 rings (SSSR count). The molecule has 0 N–H and O–H groups in total. The molecule has 0 fully saturated rings. The summed E-state index contributed by atoms with van der Waals surface area (Å²) in [6, 6.07) is 4.71. The lowest BCUT2D eigenvalue weighted by Crippen LogP contribution is -2.18. The number of likely N-dealkylation sites (N-methyl/N-ethyl adjacent to an activating group) is 1. The van der Waals surface area contributed by atoms with Gasteiger partial charge in [0.2, 0.25) is 0 Å². The van der Waals surface area contributed by atoms with Crippen LogP contribution in [0.25, 0.3) is 10.9 Å². The monoisotopic (exact) mass is 234 g/mol. The Hall–Kier alpha value is -1.95. The minimum absolute atomic E-state index is 0.102. The van der Waals surface area contributed by atoms with Crippen molar-refractivity contribution >= 4 is 16.6 Å². The maximum absolute atomic E-state index is 10.6. The lowest BCUT2D eigenvalue weighted by molar-refractivity contribution is -0.384. The molecule has 1 aromatic carbocycles. The van der Waals surface area contributed by atoms with Crippen LogP contribution >= 0.6 is 0 Å². The fraction of sp³-hybridized carbons (Fsp3) is 0.364. The van der Waals surface area contributed by atoms with E-state index in [0.717, 1.165) is 24.0 Å². The first-order chi connectivity index (χ1) is 8.06. The SMILES string of the molecule is CN(C)CCn1cc2cc([N+](=O)[O-])ccc2n1. The van der Waals surface area contributed by atoms with Crippen LogP contribution in [0.2, 0.25) is 0 Å². The lowest BCUT2D eigenvalue weighted by atomic mass is 10.2. The zero-order chi connectivity index (χ0) is 12.4. The van der Waals surface area contributed by atoms with E-state index in [1.165, 1.54) is 6.07 Å². The zero-order valence-electron chi connectivity index (χ0n) is 9.83. The molecule has 0 spiro atoms. The van der Waals surface area contributed by atoms with Crippen molar-refractivity contribution in [2.45, 2.75) is 6.54 Å². The molecule has 0 bridgehead atoms. The first-order valence-corrected chi connectivity index (χ1v) is 5.32. The van der Waals surface area contributed by atoms with Crippen molar-refractivity contribution < 1.29 is 4.92 Å². The molecule has 6 heteroatoms. The van der Waals surface area contributed by atoms with E-state index in [1.54, 1.807) is 12.1 Å². The van der Waals surface area contributed by atoms with E-state index in [-0.39, 0.29) is 5.69 Å². The van der Waals surface area contributed by atoms with Gasteiger partial charge in [-0.15, -0.1) is 0 Å². The number of hydrogen-bond acceptors (Lipinski definition) is 4. The van der Waals surface area contributed by atoms with Gasteiger partial charge in [0.1, 0.15) is 0 Å². The summed E-state index contributed by atoms with van der Waals surface area (Å²) in [4.78, 5) is 12.3. The minimum atomic E-state index is -0.392. The summed E-state index contributed by atoms with van der Waals surface area (Å²) >= 11 is 0. The molecule has 0 atom stereocenters. The van der Waals surface area contributed by atoms with Crippen LogP contribution in [0.4, 0.5) is 5.69 Å². The third-order valence-corrected chi connectivity index (χ3v) is 2.52. The van der Waals surface area contributed by atoms with Crippen molar-refractivity contribution in [3.8, 4) is 0 Å². The summed E-state index contributed by atoms with van der Waals surface area (Å²) in [5.41, 5.74) is 0.888. The van der Waals surface area contributed by atoms with Crippen LogP contribution < -0.4 is 0 Å². The van der Waals surface area contributed by atoms with E-state index in [0.29, 0.717) is 0 Å². The van der Waals surface area contributed by atoms with Gasteiger partial charge in [0.25, 0.3) is 5.69 Å². The van der Waals surface area contributed by atoms with Crippen LogP contribution in [0.5, 0.6) is 0 Å². The van der Waals surface area contributed by atoms with Gasteiger partial charge in [0, 0.05) is 30.3 Å². The zero-order valence-corrected chi connectivity index (χ0v) is 9.83. The number of aromatic nitrogens is 2. The molecule has 0 saturated carbocycles. The molecule has 0 aliphatic heterocycles.